The van der Waals surface area contributed by atoms with Crippen molar-refractivity contribution in [2.75, 3.05) is 20.3 Å². The van der Waals surface area contributed by atoms with Gasteiger partial charge in [-0.15, -0.1) is 0 Å². The number of amides is 1. The molecule has 0 rings (SSSR count). The Morgan fingerprint density at radius 1 is 1.46 bits per heavy atom. The van der Waals surface area contributed by atoms with Crippen LogP contribution < -0.4 is 5.32 Å². The van der Waals surface area contributed by atoms with Crippen molar-refractivity contribution in [1.29, 1.82) is 0 Å². The minimum atomic E-state index is -0.547. The first-order valence-corrected chi connectivity index (χ1v) is 4.08. The van der Waals surface area contributed by atoms with Gasteiger partial charge in [0.1, 0.15) is 12.6 Å². The van der Waals surface area contributed by atoms with Crippen LogP contribution in [0.3, 0.4) is 0 Å². The Bertz CT molecular complexity index is 181. The molecule has 0 aromatic carbocycles. The Kier molecular flexibility index (Phi) is 5.88. The van der Waals surface area contributed by atoms with E-state index in [0.29, 0.717) is 6.61 Å². The second-order valence-electron chi connectivity index (χ2n) is 2.40. The first-order valence-electron chi connectivity index (χ1n) is 4.08. The van der Waals surface area contributed by atoms with E-state index in [4.69, 9.17) is 4.74 Å². The minimum Gasteiger partial charge on any atom is -0.465 e. The maximum atomic E-state index is 11.0. The number of nitrogens with one attached hydrogen (secondary N) is 1. The molecule has 0 radical (unpaired) electrons. The normalized spacial score (nSPS) is 11.9. The van der Waals surface area contributed by atoms with Gasteiger partial charge in [0.15, 0.2) is 0 Å². The highest BCUT2D eigenvalue weighted by molar-refractivity contribution is 5.84. The summed E-state index contributed by atoms with van der Waals surface area (Å²) < 4.78 is 9.35. The number of ether oxygens (including phenoxy) is 2. The first-order chi connectivity index (χ1) is 6.11. The summed E-state index contributed by atoms with van der Waals surface area (Å²) in [5.74, 6) is -0.769. The Hall–Kier alpha value is -1.10. The first kappa shape index (κ1) is 11.9. The molecule has 0 aliphatic rings. The van der Waals surface area contributed by atoms with E-state index < -0.39 is 12.1 Å². The molecule has 0 aliphatic carbocycles. The maximum Gasteiger partial charge on any atom is 0.325 e. The van der Waals surface area contributed by atoms with Crippen LogP contribution in [-0.4, -0.2) is 38.2 Å². The van der Waals surface area contributed by atoms with Gasteiger partial charge in [-0.2, -0.15) is 0 Å². The quantitative estimate of drug-likeness (QED) is 0.603. The topological polar surface area (TPSA) is 64.6 Å². The zero-order chi connectivity index (χ0) is 10.3. The number of carbonyl (C=O) groups is 2. The highest BCUT2D eigenvalue weighted by Crippen LogP contribution is 1.86. The molecule has 1 unspecified atom stereocenters. The van der Waals surface area contributed by atoms with Crippen LogP contribution in [0.4, 0.5) is 0 Å². The molecular weight excluding hydrogens is 174 g/mol. The zero-order valence-electron chi connectivity index (χ0n) is 8.12. The van der Waals surface area contributed by atoms with E-state index in [1.807, 2.05) is 0 Å². The summed E-state index contributed by atoms with van der Waals surface area (Å²) in [4.78, 5) is 21.8. The molecule has 0 heterocycles. The van der Waals surface area contributed by atoms with Crippen molar-refractivity contribution in [3.8, 4) is 0 Å². The van der Waals surface area contributed by atoms with Crippen molar-refractivity contribution >= 4 is 11.9 Å². The largest absolute Gasteiger partial charge is 0.465 e. The number of rotatable bonds is 5. The third-order valence-electron chi connectivity index (χ3n) is 1.44. The van der Waals surface area contributed by atoms with E-state index in [1.54, 1.807) is 13.8 Å². The van der Waals surface area contributed by atoms with E-state index in [2.05, 4.69) is 10.1 Å². The molecule has 0 saturated heterocycles. The second-order valence-corrected chi connectivity index (χ2v) is 2.40. The standard InChI is InChI=1S/C8H15NO4/c1-4-13-7(10)5-9-8(11)6(2)12-3/h6H,4-5H2,1-3H3,(H,9,11). The van der Waals surface area contributed by atoms with Crippen LogP contribution in [0, 0.1) is 0 Å². The molecule has 5 heteroatoms. The SMILES string of the molecule is CCOC(=O)CNC(=O)C(C)OC. The van der Waals surface area contributed by atoms with Gasteiger partial charge in [0.05, 0.1) is 6.61 Å². The van der Waals surface area contributed by atoms with Crippen LogP contribution in [-0.2, 0) is 19.1 Å². The number of hydrogen-bond donors (Lipinski definition) is 1. The average molecular weight is 189 g/mol. The second kappa shape index (κ2) is 6.42. The summed E-state index contributed by atoms with van der Waals surface area (Å²) in [6.07, 6.45) is -0.547. The van der Waals surface area contributed by atoms with Crippen molar-refractivity contribution in [2.24, 2.45) is 0 Å². The van der Waals surface area contributed by atoms with Crippen LogP contribution in [0.5, 0.6) is 0 Å². The lowest BCUT2D eigenvalue weighted by Gasteiger charge is -2.09. The van der Waals surface area contributed by atoms with Gasteiger partial charge < -0.3 is 14.8 Å². The van der Waals surface area contributed by atoms with E-state index in [9.17, 15) is 9.59 Å². The highest BCUT2D eigenvalue weighted by atomic mass is 16.5. The van der Waals surface area contributed by atoms with E-state index in [0.717, 1.165) is 0 Å². The van der Waals surface area contributed by atoms with Crippen molar-refractivity contribution in [3.63, 3.8) is 0 Å². The lowest BCUT2D eigenvalue weighted by molar-refractivity contribution is -0.144. The third kappa shape index (κ3) is 5.19. The van der Waals surface area contributed by atoms with Gasteiger partial charge >= 0.3 is 5.97 Å². The summed E-state index contributed by atoms with van der Waals surface area (Å²) in [5.41, 5.74) is 0. The van der Waals surface area contributed by atoms with Gasteiger partial charge in [0.2, 0.25) is 5.91 Å². The number of esters is 1. The summed E-state index contributed by atoms with van der Waals surface area (Å²) in [6.45, 7) is 3.51. The molecule has 1 amide bonds. The van der Waals surface area contributed by atoms with Crippen LogP contribution in [0.2, 0.25) is 0 Å². The lowest BCUT2D eigenvalue weighted by atomic mass is 10.4. The molecule has 0 aromatic rings. The van der Waals surface area contributed by atoms with Crippen molar-refractivity contribution in [2.45, 2.75) is 20.0 Å². The molecule has 0 saturated carbocycles. The van der Waals surface area contributed by atoms with Gasteiger partial charge in [-0.05, 0) is 13.8 Å². The molecular formula is C8H15NO4. The summed E-state index contributed by atoms with van der Waals surface area (Å²) in [7, 11) is 1.43. The fourth-order valence-electron chi connectivity index (χ4n) is 0.622. The van der Waals surface area contributed by atoms with Crippen LogP contribution >= 0.6 is 0 Å². The monoisotopic (exact) mass is 189 g/mol. The highest BCUT2D eigenvalue weighted by Gasteiger charge is 2.12. The van der Waals surface area contributed by atoms with Gasteiger partial charge in [-0.1, -0.05) is 0 Å². The van der Waals surface area contributed by atoms with E-state index in [1.165, 1.54) is 7.11 Å². The van der Waals surface area contributed by atoms with Gasteiger partial charge in [0.25, 0.3) is 0 Å². The van der Waals surface area contributed by atoms with E-state index >= 15 is 0 Å². The Morgan fingerprint density at radius 2 is 2.08 bits per heavy atom. The van der Waals surface area contributed by atoms with Crippen LogP contribution in [0.1, 0.15) is 13.8 Å². The lowest BCUT2D eigenvalue weighted by Crippen LogP contribution is -2.37. The van der Waals surface area contributed by atoms with Crippen molar-refractivity contribution in [3.05, 3.63) is 0 Å². The Labute approximate surface area is 77.4 Å². The summed E-state index contributed by atoms with van der Waals surface area (Å²) in [6, 6.07) is 0. The molecule has 1 N–H and O–H groups in total. The average Bonchev–Trinajstić information content (AvgIpc) is 2.13. The van der Waals surface area contributed by atoms with Gasteiger partial charge in [0, 0.05) is 7.11 Å². The van der Waals surface area contributed by atoms with Crippen molar-refractivity contribution < 1.29 is 19.1 Å². The Balaban J connectivity index is 3.63. The zero-order valence-corrected chi connectivity index (χ0v) is 8.12. The molecule has 76 valence electrons. The fraction of sp³-hybridized carbons (Fsp3) is 0.750. The molecule has 5 nitrogen and oxygen atoms in total. The van der Waals surface area contributed by atoms with Gasteiger partial charge in [-0.25, -0.2) is 0 Å². The third-order valence-corrected chi connectivity index (χ3v) is 1.44. The molecule has 0 spiro atoms. The molecule has 13 heavy (non-hydrogen) atoms. The summed E-state index contributed by atoms with van der Waals surface area (Å²) >= 11 is 0. The van der Waals surface area contributed by atoms with Crippen LogP contribution in [0.15, 0.2) is 0 Å². The minimum absolute atomic E-state index is 0.111. The number of hydrogen-bond acceptors (Lipinski definition) is 4. The fourth-order valence-corrected chi connectivity index (χ4v) is 0.622. The molecule has 0 bridgehead atoms. The van der Waals surface area contributed by atoms with E-state index in [-0.39, 0.29) is 12.5 Å². The van der Waals surface area contributed by atoms with Crippen molar-refractivity contribution in [1.82, 2.24) is 5.32 Å². The predicted octanol–water partition coefficient (Wildman–Crippen LogP) is -0.299. The number of methoxy groups -OCH3 is 1. The molecule has 0 fully saturated rings. The maximum absolute atomic E-state index is 11.0. The number of carbonyl (C=O) groups excluding carboxylic acids is 2. The molecule has 0 aliphatic heterocycles. The molecule has 0 aromatic heterocycles. The summed E-state index contributed by atoms with van der Waals surface area (Å²) in [5, 5.41) is 2.38. The molecule has 1 atom stereocenters. The smallest absolute Gasteiger partial charge is 0.325 e. The van der Waals surface area contributed by atoms with Gasteiger partial charge in [-0.3, -0.25) is 9.59 Å². The predicted molar refractivity (Wildman–Crippen MR) is 46.1 cm³/mol. The van der Waals surface area contributed by atoms with Crippen LogP contribution in [0.25, 0.3) is 0 Å². The Morgan fingerprint density at radius 3 is 2.54 bits per heavy atom.